The smallest absolute Gasteiger partial charge is 0.273 e. The van der Waals surface area contributed by atoms with E-state index in [0.29, 0.717) is 22.4 Å². The van der Waals surface area contributed by atoms with Crippen LogP contribution in [0.25, 0.3) is 0 Å². The van der Waals surface area contributed by atoms with E-state index >= 15 is 0 Å². The molecule has 0 saturated carbocycles. The summed E-state index contributed by atoms with van der Waals surface area (Å²) < 4.78 is 5.60. The SMILES string of the molecule is Cc1ccc(Oc2ccc([N+](=O)[O-])c(CBr)c2)cn1. The molecule has 0 aliphatic carbocycles. The number of nitro groups is 1. The number of hydrogen-bond donors (Lipinski definition) is 0. The van der Waals surface area contributed by atoms with Gasteiger partial charge in [-0.3, -0.25) is 15.1 Å². The van der Waals surface area contributed by atoms with Crippen LogP contribution in [-0.4, -0.2) is 9.91 Å². The van der Waals surface area contributed by atoms with Crippen molar-refractivity contribution >= 4 is 21.6 Å². The van der Waals surface area contributed by atoms with Crippen LogP contribution in [0.1, 0.15) is 11.3 Å². The van der Waals surface area contributed by atoms with Crippen LogP contribution < -0.4 is 4.74 Å². The Balaban J connectivity index is 2.26. The molecule has 1 aromatic carbocycles. The highest BCUT2D eigenvalue weighted by molar-refractivity contribution is 9.08. The molecule has 2 rings (SSSR count). The minimum atomic E-state index is -0.409. The molecule has 0 N–H and O–H groups in total. The van der Waals surface area contributed by atoms with Crippen molar-refractivity contribution in [3.8, 4) is 11.5 Å². The summed E-state index contributed by atoms with van der Waals surface area (Å²) in [5, 5.41) is 11.2. The van der Waals surface area contributed by atoms with Gasteiger partial charge in [0.05, 0.1) is 11.1 Å². The summed E-state index contributed by atoms with van der Waals surface area (Å²) in [6.07, 6.45) is 1.62. The van der Waals surface area contributed by atoms with E-state index in [9.17, 15) is 10.1 Å². The van der Waals surface area contributed by atoms with Crippen molar-refractivity contribution in [1.29, 1.82) is 0 Å². The maximum atomic E-state index is 10.8. The molecular formula is C13H11BrN2O3. The molecule has 0 spiro atoms. The van der Waals surface area contributed by atoms with E-state index in [2.05, 4.69) is 20.9 Å². The van der Waals surface area contributed by atoms with Crippen molar-refractivity contribution in [2.24, 2.45) is 0 Å². The average Bonchev–Trinajstić information content (AvgIpc) is 2.41. The Kier molecular flexibility index (Phi) is 4.11. The molecule has 0 radical (unpaired) electrons. The fourth-order valence-electron chi connectivity index (χ4n) is 1.56. The first-order valence-corrected chi connectivity index (χ1v) is 6.66. The van der Waals surface area contributed by atoms with Gasteiger partial charge in [-0.25, -0.2) is 0 Å². The first kappa shape index (κ1) is 13.5. The largest absolute Gasteiger partial charge is 0.456 e. The number of ether oxygens (including phenoxy) is 1. The Morgan fingerprint density at radius 3 is 2.63 bits per heavy atom. The summed E-state index contributed by atoms with van der Waals surface area (Å²) in [4.78, 5) is 14.5. The van der Waals surface area contributed by atoms with Crippen molar-refractivity contribution in [3.63, 3.8) is 0 Å². The second kappa shape index (κ2) is 5.79. The van der Waals surface area contributed by atoms with Gasteiger partial charge in [-0.2, -0.15) is 0 Å². The zero-order valence-electron chi connectivity index (χ0n) is 10.2. The zero-order chi connectivity index (χ0) is 13.8. The molecule has 19 heavy (non-hydrogen) atoms. The van der Waals surface area contributed by atoms with Gasteiger partial charge in [0.25, 0.3) is 5.69 Å². The van der Waals surface area contributed by atoms with E-state index in [0.717, 1.165) is 5.69 Å². The molecular weight excluding hydrogens is 312 g/mol. The maximum Gasteiger partial charge on any atom is 0.273 e. The van der Waals surface area contributed by atoms with Crippen LogP contribution in [0.3, 0.4) is 0 Å². The van der Waals surface area contributed by atoms with Gasteiger partial charge < -0.3 is 4.74 Å². The molecule has 0 bridgehead atoms. The molecule has 1 heterocycles. The number of aryl methyl sites for hydroxylation is 1. The Hall–Kier alpha value is -1.95. The normalized spacial score (nSPS) is 10.2. The second-order valence-electron chi connectivity index (χ2n) is 3.92. The fraction of sp³-hybridized carbons (Fsp3) is 0.154. The lowest BCUT2D eigenvalue weighted by atomic mass is 10.2. The molecule has 1 aromatic heterocycles. The van der Waals surface area contributed by atoms with Crippen molar-refractivity contribution in [2.75, 3.05) is 0 Å². The van der Waals surface area contributed by atoms with Crippen LogP contribution in [0.2, 0.25) is 0 Å². The van der Waals surface area contributed by atoms with E-state index < -0.39 is 4.92 Å². The Morgan fingerprint density at radius 1 is 1.32 bits per heavy atom. The van der Waals surface area contributed by atoms with Gasteiger partial charge in [-0.15, -0.1) is 0 Å². The number of benzene rings is 1. The number of halogens is 1. The topological polar surface area (TPSA) is 65.3 Å². The molecule has 5 nitrogen and oxygen atoms in total. The molecule has 0 unspecified atom stereocenters. The van der Waals surface area contributed by atoms with Crippen LogP contribution in [0.4, 0.5) is 5.69 Å². The predicted molar refractivity (Wildman–Crippen MR) is 74.8 cm³/mol. The molecule has 0 aliphatic heterocycles. The van der Waals surface area contributed by atoms with Crippen LogP contribution >= 0.6 is 15.9 Å². The first-order valence-electron chi connectivity index (χ1n) is 5.54. The van der Waals surface area contributed by atoms with Crippen LogP contribution in [-0.2, 0) is 5.33 Å². The number of hydrogen-bond acceptors (Lipinski definition) is 4. The van der Waals surface area contributed by atoms with E-state index in [1.807, 2.05) is 13.0 Å². The summed E-state index contributed by atoms with van der Waals surface area (Å²) in [6, 6.07) is 8.30. The predicted octanol–water partition coefficient (Wildman–Crippen LogP) is 3.99. The molecule has 2 aromatic rings. The first-order chi connectivity index (χ1) is 9.10. The van der Waals surface area contributed by atoms with E-state index in [1.54, 1.807) is 24.4 Å². The number of aromatic nitrogens is 1. The Bertz CT molecular complexity index is 599. The highest BCUT2D eigenvalue weighted by Gasteiger charge is 2.13. The lowest BCUT2D eigenvalue weighted by Gasteiger charge is -2.07. The molecule has 6 heteroatoms. The van der Waals surface area contributed by atoms with Crippen molar-refractivity contribution in [2.45, 2.75) is 12.3 Å². The lowest BCUT2D eigenvalue weighted by molar-refractivity contribution is -0.385. The number of nitro benzene ring substituents is 1. The van der Waals surface area contributed by atoms with Crippen LogP contribution in [0, 0.1) is 17.0 Å². The zero-order valence-corrected chi connectivity index (χ0v) is 11.8. The quantitative estimate of drug-likeness (QED) is 0.485. The van der Waals surface area contributed by atoms with Gasteiger partial charge in [0.1, 0.15) is 11.5 Å². The number of pyridine rings is 1. The van der Waals surface area contributed by atoms with E-state index in [-0.39, 0.29) is 5.69 Å². The van der Waals surface area contributed by atoms with Gasteiger partial charge in [0.15, 0.2) is 0 Å². The summed E-state index contributed by atoms with van der Waals surface area (Å²) in [6.45, 7) is 1.89. The standard InChI is InChI=1S/C13H11BrN2O3/c1-9-2-3-12(8-15-9)19-11-4-5-13(16(17)18)10(6-11)7-14/h2-6,8H,7H2,1H3. The Labute approximate surface area is 118 Å². The monoisotopic (exact) mass is 322 g/mol. The van der Waals surface area contributed by atoms with Gasteiger partial charge in [-0.1, -0.05) is 15.9 Å². The maximum absolute atomic E-state index is 10.8. The second-order valence-corrected chi connectivity index (χ2v) is 4.48. The van der Waals surface area contributed by atoms with E-state index in [1.165, 1.54) is 6.07 Å². The summed E-state index contributed by atoms with van der Waals surface area (Å²) >= 11 is 3.23. The van der Waals surface area contributed by atoms with Crippen molar-refractivity contribution in [1.82, 2.24) is 4.98 Å². The molecule has 0 saturated heterocycles. The Morgan fingerprint density at radius 2 is 2.05 bits per heavy atom. The minimum Gasteiger partial charge on any atom is -0.456 e. The van der Waals surface area contributed by atoms with Crippen molar-refractivity contribution < 1.29 is 9.66 Å². The number of alkyl halides is 1. The van der Waals surface area contributed by atoms with Crippen LogP contribution in [0.15, 0.2) is 36.5 Å². The fourth-order valence-corrected chi connectivity index (χ4v) is 2.01. The average molecular weight is 323 g/mol. The number of rotatable bonds is 4. The lowest BCUT2D eigenvalue weighted by Crippen LogP contribution is -1.94. The molecule has 0 atom stereocenters. The third kappa shape index (κ3) is 3.29. The highest BCUT2D eigenvalue weighted by Crippen LogP contribution is 2.28. The van der Waals surface area contributed by atoms with Gasteiger partial charge in [0, 0.05) is 22.7 Å². The molecule has 0 aliphatic rings. The van der Waals surface area contributed by atoms with Crippen LogP contribution in [0.5, 0.6) is 11.5 Å². The summed E-state index contributed by atoms with van der Waals surface area (Å²) in [7, 11) is 0. The summed E-state index contributed by atoms with van der Waals surface area (Å²) in [5.74, 6) is 1.14. The minimum absolute atomic E-state index is 0.0752. The molecule has 0 amide bonds. The third-order valence-electron chi connectivity index (χ3n) is 2.51. The summed E-state index contributed by atoms with van der Waals surface area (Å²) in [5.41, 5.74) is 1.55. The van der Waals surface area contributed by atoms with Crippen molar-refractivity contribution in [3.05, 3.63) is 57.9 Å². The molecule has 98 valence electrons. The van der Waals surface area contributed by atoms with Gasteiger partial charge in [0.2, 0.25) is 0 Å². The highest BCUT2D eigenvalue weighted by atomic mass is 79.9. The van der Waals surface area contributed by atoms with Gasteiger partial charge >= 0.3 is 0 Å². The van der Waals surface area contributed by atoms with E-state index in [4.69, 9.17) is 4.74 Å². The number of nitrogens with zero attached hydrogens (tertiary/aromatic N) is 2. The molecule has 0 fully saturated rings. The third-order valence-corrected chi connectivity index (χ3v) is 3.12. The van der Waals surface area contributed by atoms with Gasteiger partial charge in [-0.05, 0) is 31.2 Å².